The Morgan fingerprint density at radius 3 is 2.44 bits per heavy atom. The van der Waals surface area contributed by atoms with Gasteiger partial charge >= 0.3 is 0 Å². The molecule has 0 fully saturated rings. The van der Waals surface area contributed by atoms with E-state index in [9.17, 15) is 0 Å². The van der Waals surface area contributed by atoms with E-state index < -0.39 is 0 Å². The maximum atomic E-state index is 5.26. The smallest absolute Gasteiger partial charge is 0.127 e. The largest absolute Gasteiger partial charge is 0.496 e. The summed E-state index contributed by atoms with van der Waals surface area (Å²) in [5.74, 6) is 0.804. The highest BCUT2D eigenvalue weighted by Crippen LogP contribution is 2.25. The van der Waals surface area contributed by atoms with E-state index in [0.29, 0.717) is 0 Å². The molecule has 0 bridgehead atoms. The Hall–Kier alpha value is -1.76. The summed E-state index contributed by atoms with van der Waals surface area (Å²) in [6.45, 7) is 2.13. The fourth-order valence-corrected chi connectivity index (χ4v) is 1.70. The number of rotatable bonds is 3. The second kappa shape index (κ2) is 4.84. The van der Waals surface area contributed by atoms with Crippen LogP contribution in [0.25, 0.3) is 11.1 Å². The zero-order valence-electron chi connectivity index (χ0n) is 9.66. The van der Waals surface area contributed by atoms with Crippen LogP contribution in [-0.4, -0.2) is 7.11 Å². The summed E-state index contributed by atoms with van der Waals surface area (Å²) in [7, 11) is 1.68. The summed E-state index contributed by atoms with van der Waals surface area (Å²) in [5.41, 5.74) is 3.58. The molecule has 1 radical (unpaired) electrons. The molecular formula is C15H15O. The van der Waals surface area contributed by atoms with E-state index >= 15 is 0 Å². The number of methoxy groups -OCH3 is 1. The van der Waals surface area contributed by atoms with E-state index in [1.807, 2.05) is 24.3 Å². The van der Waals surface area contributed by atoms with Crippen molar-refractivity contribution in [1.29, 1.82) is 0 Å². The molecule has 1 heteroatoms. The predicted octanol–water partition coefficient (Wildman–Crippen LogP) is 3.72. The quantitative estimate of drug-likeness (QED) is 0.751. The number of benzene rings is 2. The summed E-state index contributed by atoms with van der Waals surface area (Å²) in [4.78, 5) is 0. The van der Waals surface area contributed by atoms with E-state index in [1.165, 1.54) is 16.7 Å². The highest BCUT2D eigenvalue weighted by atomic mass is 16.5. The first-order valence-electron chi connectivity index (χ1n) is 5.49. The molecule has 0 amide bonds. The third kappa shape index (κ3) is 2.25. The molecule has 16 heavy (non-hydrogen) atoms. The molecule has 0 N–H and O–H groups in total. The van der Waals surface area contributed by atoms with E-state index in [2.05, 4.69) is 31.2 Å². The van der Waals surface area contributed by atoms with Crippen LogP contribution in [0, 0.1) is 6.07 Å². The summed E-state index contributed by atoms with van der Waals surface area (Å²) in [6.07, 6.45) is 0.969. The summed E-state index contributed by atoms with van der Waals surface area (Å²) >= 11 is 0. The van der Waals surface area contributed by atoms with Gasteiger partial charge in [0.05, 0.1) is 7.11 Å². The SMILES string of the molecule is CCc1[c]c(OC)cc(-c2ccccc2)c1. The van der Waals surface area contributed by atoms with Gasteiger partial charge in [0.2, 0.25) is 0 Å². The van der Waals surface area contributed by atoms with Crippen LogP contribution in [0.4, 0.5) is 0 Å². The van der Waals surface area contributed by atoms with Gasteiger partial charge in [-0.1, -0.05) is 43.3 Å². The van der Waals surface area contributed by atoms with Gasteiger partial charge in [-0.15, -0.1) is 0 Å². The fraction of sp³-hybridized carbons (Fsp3) is 0.200. The topological polar surface area (TPSA) is 9.23 Å². The summed E-state index contributed by atoms with van der Waals surface area (Å²) in [6, 6.07) is 17.7. The minimum atomic E-state index is 0.804. The Labute approximate surface area is 96.7 Å². The Morgan fingerprint density at radius 1 is 1.06 bits per heavy atom. The Bertz CT molecular complexity index is 438. The van der Waals surface area contributed by atoms with Gasteiger partial charge in [-0.3, -0.25) is 0 Å². The number of hydrogen-bond donors (Lipinski definition) is 0. The Morgan fingerprint density at radius 2 is 1.81 bits per heavy atom. The van der Waals surface area contributed by atoms with Crippen LogP contribution in [0.3, 0.4) is 0 Å². The van der Waals surface area contributed by atoms with Crippen LogP contribution in [0.15, 0.2) is 42.5 Å². The van der Waals surface area contributed by atoms with Crippen molar-refractivity contribution in [1.82, 2.24) is 0 Å². The van der Waals surface area contributed by atoms with Gasteiger partial charge in [0, 0.05) is 6.07 Å². The van der Waals surface area contributed by atoms with Crippen molar-refractivity contribution in [3.8, 4) is 16.9 Å². The minimum absolute atomic E-state index is 0.804. The van der Waals surface area contributed by atoms with Crippen molar-refractivity contribution in [3.63, 3.8) is 0 Å². The second-order valence-electron chi connectivity index (χ2n) is 3.68. The van der Waals surface area contributed by atoms with Gasteiger partial charge in [0.15, 0.2) is 0 Å². The highest BCUT2D eigenvalue weighted by Gasteiger charge is 2.02. The molecule has 2 rings (SSSR count). The van der Waals surface area contributed by atoms with Crippen molar-refractivity contribution in [2.45, 2.75) is 13.3 Å². The monoisotopic (exact) mass is 211 g/mol. The molecule has 2 aromatic rings. The molecule has 0 unspecified atom stereocenters. The average molecular weight is 211 g/mol. The molecule has 0 spiro atoms. The maximum absolute atomic E-state index is 5.26. The molecule has 0 atom stereocenters. The lowest BCUT2D eigenvalue weighted by Crippen LogP contribution is -1.89. The molecule has 0 aliphatic carbocycles. The van der Waals surface area contributed by atoms with Crippen LogP contribution < -0.4 is 4.74 Å². The molecule has 1 nitrogen and oxygen atoms in total. The zero-order valence-corrected chi connectivity index (χ0v) is 9.66. The molecule has 0 aliphatic heterocycles. The van der Waals surface area contributed by atoms with Gasteiger partial charge in [-0.25, -0.2) is 0 Å². The van der Waals surface area contributed by atoms with E-state index in [0.717, 1.165) is 12.2 Å². The second-order valence-corrected chi connectivity index (χ2v) is 3.68. The molecule has 0 saturated carbocycles. The number of hydrogen-bond acceptors (Lipinski definition) is 1. The molecule has 0 saturated heterocycles. The molecule has 0 aromatic heterocycles. The first-order valence-corrected chi connectivity index (χ1v) is 5.49. The third-order valence-electron chi connectivity index (χ3n) is 2.61. The van der Waals surface area contributed by atoms with Crippen molar-refractivity contribution in [3.05, 3.63) is 54.1 Å². The zero-order chi connectivity index (χ0) is 11.4. The average Bonchev–Trinajstić information content (AvgIpc) is 2.39. The molecule has 0 aliphatic rings. The Kier molecular flexibility index (Phi) is 3.25. The normalized spacial score (nSPS) is 10.1. The lowest BCUT2D eigenvalue weighted by molar-refractivity contribution is 0.413. The lowest BCUT2D eigenvalue weighted by atomic mass is 10.0. The minimum Gasteiger partial charge on any atom is -0.496 e. The standard InChI is InChI=1S/C15H15O/c1-3-12-9-14(11-15(10-12)16-2)13-7-5-4-6-8-13/h4-9,11H,3H2,1-2H3. The van der Waals surface area contributed by atoms with Gasteiger partial charge in [-0.05, 0) is 29.2 Å². The van der Waals surface area contributed by atoms with E-state index in [-0.39, 0.29) is 0 Å². The highest BCUT2D eigenvalue weighted by molar-refractivity contribution is 5.65. The fourth-order valence-electron chi connectivity index (χ4n) is 1.70. The molecular weight excluding hydrogens is 196 g/mol. The summed E-state index contributed by atoms with van der Waals surface area (Å²) in [5, 5.41) is 0. The van der Waals surface area contributed by atoms with E-state index in [4.69, 9.17) is 4.74 Å². The van der Waals surface area contributed by atoms with Gasteiger partial charge in [-0.2, -0.15) is 0 Å². The van der Waals surface area contributed by atoms with Gasteiger partial charge < -0.3 is 4.74 Å². The maximum Gasteiger partial charge on any atom is 0.127 e. The first-order chi connectivity index (χ1) is 7.83. The van der Waals surface area contributed by atoms with Crippen molar-refractivity contribution < 1.29 is 4.74 Å². The number of ether oxygens (including phenoxy) is 1. The molecule has 81 valence electrons. The van der Waals surface area contributed by atoms with Crippen LogP contribution in [0.1, 0.15) is 12.5 Å². The predicted molar refractivity (Wildman–Crippen MR) is 66.6 cm³/mol. The van der Waals surface area contributed by atoms with Crippen molar-refractivity contribution >= 4 is 0 Å². The molecule has 2 aromatic carbocycles. The van der Waals surface area contributed by atoms with Gasteiger partial charge in [0.1, 0.15) is 5.75 Å². The van der Waals surface area contributed by atoms with Crippen LogP contribution in [0.2, 0.25) is 0 Å². The summed E-state index contributed by atoms with van der Waals surface area (Å²) < 4.78 is 5.26. The lowest BCUT2D eigenvalue weighted by Gasteiger charge is -2.07. The third-order valence-corrected chi connectivity index (χ3v) is 2.61. The number of aryl methyl sites for hydroxylation is 1. The van der Waals surface area contributed by atoms with E-state index in [1.54, 1.807) is 7.11 Å². The first kappa shape index (κ1) is 10.7. The molecule has 0 heterocycles. The van der Waals surface area contributed by atoms with Crippen LogP contribution >= 0.6 is 0 Å². The Balaban J connectivity index is 2.48. The van der Waals surface area contributed by atoms with Crippen LogP contribution in [-0.2, 0) is 6.42 Å². The van der Waals surface area contributed by atoms with Crippen molar-refractivity contribution in [2.75, 3.05) is 7.11 Å². The van der Waals surface area contributed by atoms with Crippen molar-refractivity contribution in [2.24, 2.45) is 0 Å². The van der Waals surface area contributed by atoms with Gasteiger partial charge in [0.25, 0.3) is 0 Å². The van der Waals surface area contributed by atoms with Crippen LogP contribution in [0.5, 0.6) is 5.75 Å².